The van der Waals surface area contributed by atoms with Gasteiger partial charge in [-0.3, -0.25) is 25.2 Å². The number of hydrogen-bond acceptors (Lipinski definition) is 8. The summed E-state index contributed by atoms with van der Waals surface area (Å²) in [5, 5.41) is 7.88. The van der Waals surface area contributed by atoms with Crippen molar-refractivity contribution >= 4 is 62.1 Å². The van der Waals surface area contributed by atoms with Gasteiger partial charge < -0.3 is 14.6 Å². The van der Waals surface area contributed by atoms with Crippen molar-refractivity contribution in [2.45, 2.75) is 39.3 Å². The third kappa shape index (κ3) is 5.59. The minimum atomic E-state index is -0.576. The summed E-state index contributed by atoms with van der Waals surface area (Å²) >= 11 is 1.33. The molecule has 6 rings (SSSR count). The van der Waals surface area contributed by atoms with E-state index in [-0.39, 0.29) is 23.6 Å². The molecule has 41 heavy (non-hydrogen) atoms. The van der Waals surface area contributed by atoms with Crippen LogP contribution < -0.4 is 10.6 Å². The summed E-state index contributed by atoms with van der Waals surface area (Å²) in [6.45, 7) is 6.37. The highest BCUT2D eigenvalue weighted by molar-refractivity contribution is 7.15. The number of anilines is 2. The van der Waals surface area contributed by atoms with Crippen molar-refractivity contribution in [3.05, 3.63) is 76.6 Å². The Hall–Kier alpha value is -4.84. The molecule has 0 bridgehead atoms. The highest BCUT2D eigenvalue weighted by Crippen LogP contribution is 2.30. The number of fused-ring (bicyclic) bond motifs is 3. The average Bonchev–Trinajstić information content (AvgIpc) is 3.53. The van der Waals surface area contributed by atoms with Gasteiger partial charge in [-0.15, -0.1) is 0 Å². The minimum Gasteiger partial charge on any atom is -0.444 e. The predicted octanol–water partition coefficient (Wildman–Crippen LogP) is 5.37. The number of rotatable bonds is 4. The lowest BCUT2D eigenvalue weighted by Gasteiger charge is -2.29. The van der Waals surface area contributed by atoms with Gasteiger partial charge in [0.15, 0.2) is 5.13 Å². The van der Waals surface area contributed by atoms with Gasteiger partial charge in [0.05, 0.1) is 23.3 Å². The van der Waals surface area contributed by atoms with Gasteiger partial charge >= 0.3 is 6.09 Å². The molecule has 1 aliphatic rings. The largest absolute Gasteiger partial charge is 0.444 e. The number of aromatic amines is 1. The molecule has 11 nitrogen and oxygen atoms in total. The number of thiazole rings is 1. The summed E-state index contributed by atoms with van der Waals surface area (Å²) < 4.78 is 5.49. The van der Waals surface area contributed by atoms with Crippen molar-refractivity contribution in [1.82, 2.24) is 24.8 Å². The highest BCUT2D eigenvalue weighted by atomic mass is 32.1. The summed E-state index contributed by atoms with van der Waals surface area (Å²) in [5.41, 5.74) is 1.85. The molecule has 2 aromatic carbocycles. The second kappa shape index (κ2) is 10.3. The van der Waals surface area contributed by atoms with Crippen molar-refractivity contribution < 1.29 is 19.1 Å². The molecule has 3 aromatic heterocycles. The predicted molar refractivity (Wildman–Crippen MR) is 156 cm³/mol. The highest BCUT2D eigenvalue weighted by Gasteiger charge is 2.28. The second-order valence-electron chi connectivity index (χ2n) is 10.7. The van der Waals surface area contributed by atoms with E-state index in [0.717, 1.165) is 21.3 Å². The summed E-state index contributed by atoms with van der Waals surface area (Å²) in [5.74, 6) is -0.604. The summed E-state index contributed by atoms with van der Waals surface area (Å²) in [6.07, 6.45) is 1.86. The fourth-order valence-corrected chi connectivity index (χ4v) is 5.57. The van der Waals surface area contributed by atoms with Gasteiger partial charge in [0.2, 0.25) is 5.95 Å². The number of H-pyrrole nitrogens is 1. The fourth-order valence-electron chi connectivity index (χ4n) is 4.55. The first-order chi connectivity index (χ1) is 19.6. The zero-order valence-corrected chi connectivity index (χ0v) is 23.5. The van der Waals surface area contributed by atoms with Crippen LogP contribution in [0.3, 0.4) is 0 Å². The molecule has 0 spiro atoms. The number of carbonyl (C=O) groups is 3. The molecule has 5 aromatic rings. The minimum absolute atomic E-state index is 0.201. The lowest BCUT2D eigenvalue weighted by molar-refractivity contribution is 0.0225. The van der Waals surface area contributed by atoms with E-state index in [9.17, 15) is 14.4 Å². The first kappa shape index (κ1) is 26.4. The van der Waals surface area contributed by atoms with Gasteiger partial charge in [0.1, 0.15) is 16.8 Å². The maximum Gasteiger partial charge on any atom is 0.410 e. The molecule has 4 heterocycles. The van der Waals surface area contributed by atoms with Crippen LogP contribution in [-0.2, 0) is 17.7 Å². The van der Waals surface area contributed by atoms with E-state index in [1.807, 2.05) is 45.0 Å². The van der Waals surface area contributed by atoms with E-state index in [1.165, 1.54) is 11.3 Å². The van der Waals surface area contributed by atoms with Gasteiger partial charge in [-0.1, -0.05) is 41.7 Å². The number of carbonyl (C=O) groups excluding carboxylic acids is 3. The third-order valence-corrected chi connectivity index (χ3v) is 7.45. The number of nitrogens with zero attached hydrogens (tertiary/aromatic N) is 4. The Morgan fingerprint density at radius 3 is 2.61 bits per heavy atom. The Bertz CT molecular complexity index is 1820. The van der Waals surface area contributed by atoms with Crippen molar-refractivity contribution in [3.63, 3.8) is 0 Å². The molecule has 0 aliphatic carbocycles. The molecule has 0 fully saturated rings. The Kier molecular flexibility index (Phi) is 6.62. The maximum absolute atomic E-state index is 13.3. The second-order valence-corrected chi connectivity index (χ2v) is 11.7. The van der Waals surface area contributed by atoms with Crippen molar-refractivity contribution in [2.24, 2.45) is 0 Å². The molecule has 3 amide bonds. The molecule has 12 heteroatoms. The third-order valence-electron chi connectivity index (χ3n) is 6.46. The number of nitrogens with one attached hydrogen (secondary N) is 3. The number of imidazole rings is 1. The lowest BCUT2D eigenvalue weighted by Crippen LogP contribution is -2.39. The average molecular weight is 570 g/mol. The van der Waals surface area contributed by atoms with Crippen LogP contribution >= 0.6 is 11.3 Å². The number of aromatic nitrogens is 4. The van der Waals surface area contributed by atoms with E-state index in [2.05, 4.69) is 30.6 Å². The van der Waals surface area contributed by atoms with Crippen LogP contribution in [0.4, 0.5) is 15.9 Å². The zero-order valence-electron chi connectivity index (χ0n) is 22.6. The van der Waals surface area contributed by atoms with Gasteiger partial charge in [-0.05, 0) is 44.4 Å². The number of benzene rings is 2. The normalized spacial score (nSPS) is 13.2. The fraction of sp³-hybridized carbons (Fsp3) is 0.241. The van der Waals surface area contributed by atoms with Gasteiger partial charge in [-0.25, -0.2) is 14.8 Å². The zero-order chi connectivity index (χ0) is 28.7. The van der Waals surface area contributed by atoms with Crippen LogP contribution in [0.2, 0.25) is 0 Å². The van der Waals surface area contributed by atoms with E-state index in [1.54, 1.807) is 35.4 Å². The molecule has 1 aliphatic heterocycles. The van der Waals surface area contributed by atoms with Crippen LogP contribution in [0.1, 0.15) is 52.2 Å². The van der Waals surface area contributed by atoms with Gasteiger partial charge in [0, 0.05) is 29.4 Å². The van der Waals surface area contributed by atoms with Gasteiger partial charge in [0.25, 0.3) is 11.8 Å². The van der Waals surface area contributed by atoms with Crippen molar-refractivity contribution in [2.75, 3.05) is 17.2 Å². The number of hydrogen-bond donors (Lipinski definition) is 3. The number of para-hydroxylation sites is 1. The molecule has 0 atom stereocenters. The Labute approximate surface area is 239 Å². The van der Waals surface area contributed by atoms with Crippen LogP contribution in [-0.4, -0.2) is 54.9 Å². The Morgan fingerprint density at radius 1 is 1.00 bits per heavy atom. The van der Waals surface area contributed by atoms with Crippen molar-refractivity contribution in [1.29, 1.82) is 0 Å². The van der Waals surface area contributed by atoms with Crippen molar-refractivity contribution in [3.8, 4) is 0 Å². The molecule has 0 saturated heterocycles. The monoisotopic (exact) mass is 569 g/mol. The van der Waals surface area contributed by atoms with Crippen LogP contribution in [0.5, 0.6) is 0 Å². The molecule has 0 saturated carbocycles. The van der Waals surface area contributed by atoms with E-state index in [4.69, 9.17) is 4.74 Å². The number of ether oxygens (including phenoxy) is 1. The van der Waals surface area contributed by atoms with Crippen LogP contribution in [0.15, 0.2) is 54.7 Å². The van der Waals surface area contributed by atoms with Gasteiger partial charge in [-0.2, -0.15) is 0 Å². The first-order valence-corrected chi connectivity index (χ1v) is 13.9. The molecule has 3 N–H and O–H groups in total. The quantitative estimate of drug-likeness (QED) is 0.264. The summed E-state index contributed by atoms with van der Waals surface area (Å²) in [4.78, 5) is 57.5. The summed E-state index contributed by atoms with van der Waals surface area (Å²) in [6, 6.07) is 14.5. The SMILES string of the molecule is CC(C)(C)OC(=O)N1CCc2nc(NC(=O)c3cccc4[nH]c(NC(=O)c5cc6ccccc6cn5)nc34)sc2C1. The number of pyridine rings is 1. The standard InChI is InChI=1S/C29H27N7O4S/c1-29(2,3)40-28(39)36-12-11-19-22(15-36)41-27(32-19)35-24(37)18-9-6-10-20-23(18)33-26(31-20)34-25(38)21-13-16-7-4-5-8-17(16)14-30-21/h4-10,13-14H,11-12,15H2,1-3H3,(H,32,35,37)(H2,31,33,34,38). The smallest absolute Gasteiger partial charge is 0.410 e. The number of amides is 3. The Morgan fingerprint density at radius 2 is 1.80 bits per heavy atom. The van der Waals surface area contributed by atoms with Crippen LogP contribution in [0.25, 0.3) is 21.8 Å². The summed E-state index contributed by atoms with van der Waals surface area (Å²) in [7, 11) is 0. The lowest BCUT2D eigenvalue weighted by atomic mass is 10.1. The topological polar surface area (TPSA) is 142 Å². The van der Waals surface area contributed by atoms with E-state index in [0.29, 0.717) is 41.2 Å². The molecule has 208 valence electrons. The first-order valence-electron chi connectivity index (χ1n) is 13.1. The molecular formula is C29H27N7O4S. The maximum atomic E-state index is 13.3. The van der Waals surface area contributed by atoms with E-state index < -0.39 is 11.5 Å². The van der Waals surface area contributed by atoms with Crippen LogP contribution in [0, 0.1) is 0 Å². The Balaban J connectivity index is 1.16. The van der Waals surface area contributed by atoms with E-state index >= 15 is 0 Å². The molecule has 0 unspecified atom stereocenters. The molecule has 0 radical (unpaired) electrons. The molecular weight excluding hydrogens is 542 g/mol.